The zero-order valence-electron chi connectivity index (χ0n) is 17.0. The molecule has 3 aromatic rings. The number of ether oxygens (including phenoxy) is 1. The third kappa shape index (κ3) is 4.35. The van der Waals surface area contributed by atoms with Gasteiger partial charge < -0.3 is 14.5 Å². The summed E-state index contributed by atoms with van der Waals surface area (Å²) in [6.45, 7) is 4.37. The van der Waals surface area contributed by atoms with Gasteiger partial charge in [0, 0.05) is 50.8 Å². The minimum absolute atomic E-state index is 0.261. The molecule has 1 amide bonds. The summed E-state index contributed by atoms with van der Waals surface area (Å²) in [5.74, 6) is 1.53. The van der Waals surface area contributed by atoms with Crippen molar-refractivity contribution < 1.29 is 13.9 Å². The van der Waals surface area contributed by atoms with Crippen LogP contribution >= 0.6 is 23.2 Å². The first-order valence-corrected chi connectivity index (χ1v) is 10.9. The number of allylic oxidation sites excluding steroid dienone is 1. The number of benzene rings is 2. The zero-order valence-corrected chi connectivity index (χ0v) is 18.5. The topological polar surface area (TPSA) is 51.5 Å². The Morgan fingerprint density at radius 3 is 2.60 bits per heavy atom. The van der Waals surface area contributed by atoms with Crippen LogP contribution in [0.15, 0.2) is 40.8 Å². The van der Waals surface area contributed by atoms with Crippen molar-refractivity contribution in [1.29, 1.82) is 0 Å². The fourth-order valence-corrected chi connectivity index (χ4v) is 4.48. The number of rotatable bonds is 5. The summed E-state index contributed by atoms with van der Waals surface area (Å²) in [5, 5.41) is 4.85. The summed E-state index contributed by atoms with van der Waals surface area (Å²) < 4.78 is 12.0. The second-order valence-electron chi connectivity index (χ2n) is 7.46. The molecule has 0 aliphatic heterocycles. The normalized spacial score (nSPS) is 13.9. The molecule has 1 aliphatic rings. The largest absolute Gasteiger partial charge is 0.493 e. The number of fused-ring (bicyclic) bond motifs is 3. The molecule has 0 bridgehead atoms. The Bertz CT molecular complexity index is 1130. The van der Waals surface area contributed by atoms with Crippen LogP contribution in [0.2, 0.25) is 10.0 Å². The van der Waals surface area contributed by atoms with E-state index in [4.69, 9.17) is 32.4 Å². The number of halogens is 2. The van der Waals surface area contributed by atoms with E-state index in [1.54, 1.807) is 24.3 Å². The highest BCUT2D eigenvalue weighted by Gasteiger charge is 2.20. The van der Waals surface area contributed by atoms with Crippen LogP contribution in [0.1, 0.15) is 43.6 Å². The third-order valence-electron chi connectivity index (χ3n) is 5.26. The highest BCUT2D eigenvalue weighted by Crippen LogP contribution is 2.38. The number of hydrogen-bond donors (Lipinski definition) is 1. The maximum Gasteiger partial charge on any atom is 0.248 e. The maximum absolute atomic E-state index is 12.6. The minimum Gasteiger partial charge on any atom is -0.493 e. The highest BCUT2D eigenvalue weighted by atomic mass is 35.5. The fraction of sp³-hybridized carbons (Fsp3) is 0.292. The molecule has 0 fully saturated rings. The molecule has 0 radical (unpaired) electrons. The zero-order chi connectivity index (χ0) is 21.3. The van der Waals surface area contributed by atoms with Gasteiger partial charge in [-0.05, 0) is 62.9 Å². The van der Waals surface area contributed by atoms with Crippen LogP contribution in [-0.2, 0) is 17.6 Å². The standard InChI is InChI=1S/C24H23Cl2NO3/c1-3-29-22-13-23-20(18-6-4-5-7-21(18)30-23)12-19(22)14(2)8-24(28)27-17-10-15(25)9-16(26)11-17/h8-13H,3-7H2,1-2H3,(H,27,28)/b14-8+. The number of furan rings is 1. The molecular weight excluding hydrogens is 421 g/mol. The highest BCUT2D eigenvalue weighted by molar-refractivity contribution is 6.35. The lowest BCUT2D eigenvalue weighted by atomic mass is 9.94. The molecule has 4 rings (SSSR count). The molecule has 1 aromatic heterocycles. The molecule has 6 heteroatoms. The van der Waals surface area contributed by atoms with Crippen molar-refractivity contribution in [2.75, 3.05) is 11.9 Å². The number of nitrogens with one attached hydrogen (secondary N) is 1. The molecule has 0 atom stereocenters. The van der Waals surface area contributed by atoms with E-state index in [9.17, 15) is 4.79 Å². The lowest BCUT2D eigenvalue weighted by molar-refractivity contribution is -0.111. The van der Waals surface area contributed by atoms with Crippen molar-refractivity contribution in [3.63, 3.8) is 0 Å². The smallest absolute Gasteiger partial charge is 0.248 e. The van der Waals surface area contributed by atoms with Gasteiger partial charge in [-0.15, -0.1) is 0 Å². The van der Waals surface area contributed by atoms with E-state index in [2.05, 4.69) is 11.4 Å². The van der Waals surface area contributed by atoms with E-state index in [1.165, 1.54) is 12.0 Å². The van der Waals surface area contributed by atoms with Gasteiger partial charge >= 0.3 is 0 Å². The van der Waals surface area contributed by atoms with Gasteiger partial charge in [0.2, 0.25) is 5.91 Å². The van der Waals surface area contributed by atoms with Crippen molar-refractivity contribution in [2.24, 2.45) is 0 Å². The van der Waals surface area contributed by atoms with Crippen molar-refractivity contribution in [2.45, 2.75) is 39.5 Å². The predicted octanol–water partition coefficient (Wildman–Crippen LogP) is 7.06. The Kier molecular flexibility index (Phi) is 6.07. The molecule has 0 saturated heterocycles. The van der Waals surface area contributed by atoms with Gasteiger partial charge in [0.05, 0.1) is 6.61 Å². The van der Waals surface area contributed by atoms with Crippen molar-refractivity contribution in [3.05, 3.63) is 63.3 Å². The Hall–Kier alpha value is -2.43. The van der Waals surface area contributed by atoms with Crippen LogP contribution in [0.25, 0.3) is 16.5 Å². The van der Waals surface area contributed by atoms with E-state index in [-0.39, 0.29) is 5.91 Å². The van der Waals surface area contributed by atoms with Gasteiger partial charge in [0.15, 0.2) is 0 Å². The number of carbonyl (C=O) groups excluding carboxylic acids is 1. The Morgan fingerprint density at radius 1 is 1.13 bits per heavy atom. The lowest BCUT2D eigenvalue weighted by Gasteiger charge is -2.12. The molecule has 0 saturated carbocycles. The first-order chi connectivity index (χ1) is 14.4. The molecule has 0 spiro atoms. The molecule has 1 aliphatic carbocycles. The Balaban J connectivity index is 1.68. The number of carbonyl (C=O) groups is 1. The molecule has 2 aromatic carbocycles. The fourth-order valence-electron chi connectivity index (χ4n) is 3.95. The lowest BCUT2D eigenvalue weighted by Crippen LogP contribution is -2.09. The van der Waals surface area contributed by atoms with Crippen LogP contribution in [0.4, 0.5) is 5.69 Å². The maximum atomic E-state index is 12.6. The van der Waals surface area contributed by atoms with Gasteiger partial charge in [0.25, 0.3) is 0 Å². The quantitative estimate of drug-likeness (QED) is 0.429. The molecule has 0 unspecified atom stereocenters. The second-order valence-corrected chi connectivity index (χ2v) is 8.34. The molecule has 4 nitrogen and oxygen atoms in total. The van der Waals surface area contributed by atoms with Crippen molar-refractivity contribution in [3.8, 4) is 5.75 Å². The number of amides is 1. The number of anilines is 1. The monoisotopic (exact) mass is 443 g/mol. The van der Waals surface area contributed by atoms with Crippen LogP contribution in [0.3, 0.4) is 0 Å². The summed E-state index contributed by atoms with van der Waals surface area (Å²) in [7, 11) is 0. The van der Waals surface area contributed by atoms with E-state index in [1.807, 2.05) is 19.9 Å². The average molecular weight is 444 g/mol. The minimum atomic E-state index is -0.261. The van der Waals surface area contributed by atoms with Gasteiger partial charge in [-0.25, -0.2) is 0 Å². The van der Waals surface area contributed by atoms with E-state index in [0.29, 0.717) is 28.1 Å². The van der Waals surface area contributed by atoms with Crippen LogP contribution < -0.4 is 10.1 Å². The van der Waals surface area contributed by atoms with Crippen LogP contribution in [0, 0.1) is 0 Å². The third-order valence-corrected chi connectivity index (χ3v) is 5.70. The first-order valence-electron chi connectivity index (χ1n) is 10.1. The molecule has 30 heavy (non-hydrogen) atoms. The molecule has 156 valence electrons. The van der Waals surface area contributed by atoms with Crippen LogP contribution in [0.5, 0.6) is 5.75 Å². The second kappa shape index (κ2) is 8.75. The van der Waals surface area contributed by atoms with Gasteiger partial charge in [-0.1, -0.05) is 23.2 Å². The Morgan fingerprint density at radius 2 is 1.87 bits per heavy atom. The van der Waals surface area contributed by atoms with E-state index >= 15 is 0 Å². The van der Waals surface area contributed by atoms with Crippen molar-refractivity contribution >= 4 is 51.3 Å². The molecular formula is C24H23Cl2NO3. The summed E-state index contributed by atoms with van der Waals surface area (Å²) in [5.41, 5.74) is 4.37. The SMILES string of the molecule is CCOc1cc2oc3c(c2cc1/C(C)=C/C(=O)Nc1cc(Cl)cc(Cl)c1)CCCC3. The molecule has 1 heterocycles. The predicted molar refractivity (Wildman–Crippen MR) is 123 cm³/mol. The van der Waals surface area contributed by atoms with Crippen LogP contribution in [-0.4, -0.2) is 12.5 Å². The van der Waals surface area contributed by atoms with E-state index in [0.717, 1.165) is 47.1 Å². The summed E-state index contributed by atoms with van der Waals surface area (Å²) >= 11 is 12.0. The van der Waals surface area contributed by atoms with Gasteiger partial charge in [-0.2, -0.15) is 0 Å². The van der Waals surface area contributed by atoms with E-state index < -0.39 is 0 Å². The summed E-state index contributed by atoms with van der Waals surface area (Å²) in [6.07, 6.45) is 5.89. The first kappa shape index (κ1) is 20.8. The Labute approximate surface area is 185 Å². The molecule has 1 N–H and O–H groups in total. The number of hydrogen-bond acceptors (Lipinski definition) is 3. The van der Waals surface area contributed by atoms with Crippen molar-refractivity contribution in [1.82, 2.24) is 0 Å². The summed E-state index contributed by atoms with van der Waals surface area (Å²) in [4.78, 5) is 12.6. The van der Waals surface area contributed by atoms with Gasteiger partial charge in [0.1, 0.15) is 17.1 Å². The number of aryl methyl sites for hydroxylation is 2. The average Bonchev–Trinajstić information content (AvgIpc) is 3.04. The van der Waals surface area contributed by atoms with Gasteiger partial charge in [-0.3, -0.25) is 4.79 Å². The summed E-state index contributed by atoms with van der Waals surface area (Å²) in [6, 6.07) is 8.96.